The fourth-order valence-corrected chi connectivity index (χ4v) is 3.70. The minimum absolute atomic E-state index is 0.196. The predicted octanol–water partition coefficient (Wildman–Crippen LogP) is 3.17. The predicted molar refractivity (Wildman–Crippen MR) is 69.8 cm³/mol. The summed E-state index contributed by atoms with van der Waals surface area (Å²) >= 11 is 0. The van der Waals surface area contributed by atoms with Gasteiger partial charge in [0.25, 0.3) is 0 Å². The van der Waals surface area contributed by atoms with E-state index in [1.807, 2.05) is 0 Å². The topological polar surface area (TPSA) is 29.3 Å². The first-order chi connectivity index (χ1) is 8.87. The molecule has 1 aliphatic heterocycles. The fraction of sp³-hybridized carbons (Fsp3) is 1.00. The van der Waals surface area contributed by atoms with Gasteiger partial charge in [-0.1, -0.05) is 13.3 Å². The number of nitrogens with two attached hydrogens (primary N) is 1. The molecule has 2 N–H and O–H groups in total. The van der Waals surface area contributed by atoms with Gasteiger partial charge >= 0.3 is 6.18 Å². The van der Waals surface area contributed by atoms with Crippen LogP contribution in [0.2, 0.25) is 0 Å². The molecule has 2 nitrogen and oxygen atoms in total. The van der Waals surface area contributed by atoms with Gasteiger partial charge in [0.2, 0.25) is 0 Å². The third-order valence-electron chi connectivity index (χ3n) is 5.12. The maximum Gasteiger partial charge on any atom is 0.391 e. The van der Waals surface area contributed by atoms with Crippen molar-refractivity contribution in [2.45, 2.75) is 57.2 Å². The lowest BCUT2D eigenvalue weighted by atomic mass is 9.73. The minimum Gasteiger partial charge on any atom is -0.329 e. The van der Waals surface area contributed by atoms with E-state index in [0.717, 1.165) is 32.4 Å². The molecular formula is C14H25F3N2. The molecule has 0 aromatic heterocycles. The van der Waals surface area contributed by atoms with Crippen molar-refractivity contribution in [2.75, 3.05) is 19.6 Å². The lowest BCUT2D eigenvalue weighted by Gasteiger charge is -2.50. The standard InChI is InChI=1S/C14H25F3N2/c1-11-4-7-19(8-5-11)13(10-18)6-2-3-12(9-13)14(15,16)17/h11-12H,2-10,18H2,1H3. The first-order valence-electron chi connectivity index (χ1n) is 7.39. The average molecular weight is 278 g/mol. The molecule has 19 heavy (non-hydrogen) atoms. The number of alkyl halides is 3. The fourth-order valence-electron chi connectivity index (χ4n) is 3.70. The van der Waals surface area contributed by atoms with Gasteiger partial charge in [-0.05, 0) is 51.1 Å². The van der Waals surface area contributed by atoms with Crippen LogP contribution in [0.4, 0.5) is 13.2 Å². The second-order valence-corrected chi connectivity index (χ2v) is 6.43. The van der Waals surface area contributed by atoms with Crippen LogP contribution in [-0.2, 0) is 0 Å². The molecule has 0 radical (unpaired) electrons. The average Bonchev–Trinajstić information content (AvgIpc) is 2.38. The number of piperidine rings is 1. The number of halogens is 3. The van der Waals surface area contributed by atoms with E-state index in [-0.39, 0.29) is 12.8 Å². The van der Waals surface area contributed by atoms with E-state index >= 15 is 0 Å². The molecule has 2 fully saturated rings. The second-order valence-electron chi connectivity index (χ2n) is 6.43. The molecule has 1 saturated heterocycles. The third-order valence-corrected chi connectivity index (χ3v) is 5.12. The van der Waals surface area contributed by atoms with Crippen molar-refractivity contribution in [3.63, 3.8) is 0 Å². The first-order valence-corrected chi connectivity index (χ1v) is 7.39. The molecule has 0 spiro atoms. The smallest absolute Gasteiger partial charge is 0.329 e. The van der Waals surface area contributed by atoms with Gasteiger partial charge in [-0.2, -0.15) is 13.2 Å². The molecule has 1 heterocycles. The van der Waals surface area contributed by atoms with E-state index < -0.39 is 17.6 Å². The molecule has 2 unspecified atom stereocenters. The van der Waals surface area contributed by atoms with Crippen molar-refractivity contribution in [1.82, 2.24) is 4.90 Å². The molecule has 0 aromatic rings. The molecule has 2 rings (SSSR count). The van der Waals surface area contributed by atoms with Crippen LogP contribution in [0, 0.1) is 11.8 Å². The molecule has 0 aromatic carbocycles. The highest BCUT2D eigenvalue weighted by atomic mass is 19.4. The maximum absolute atomic E-state index is 13.0. The highest BCUT2D eigenvalue weighted by Crippen LogP contribution is 2.44. The van der Waals surface area contributed by atoms with E-state index in [1.54, 1.807) is 0 Å². The van der Waals surface area contributed by atoms with Crippen molar-refractivity contribution in [2.24, 2.45) is 17.6 Å². The number of hydrogen-bond acceptors (Lipinski definition) is 2. The highest BCUT2D eigenvalue weighted by molar-refractivity contribution is 4.99. The highest BCUT2D eigenvalue weighted by Gasteiger charge is 2.49. The van der Waals surface area contributed by atoms with Crippen LogP contribution < -0.4 is 5.73 Å². The van der Waals surface area contributed by atoms with E-state index in [0.29, 0.717) is 18.9 Å². The van der Waals surface area contributed by atoms with Crippen molar-refractivity contribution < 1.29 is 13.2 Å². The van der Waals surface area contributed by atoms with Gasteiger partial charge in [-0.3, -0.25) is 4.90 Å². The van der Waals surface area contributed by atoms with Crippen molar-refractivity contribution in [1.29, 1.82) is 0 Å². The summed E-state index contributed by atoms with van der Waals surface area (Å²) < 4.78 is 39.0. The number of hydrogen-bond donors (Lipinski definition) is 1. The SMILES string of the molecule is CC1CCN(C2(CN)CCCC(C(F)(F)F)C2)CC1. The van der Waals surface area contributed by atoms with Crippen LogP contribution in [0.5, 0.6) is 0 Å². The molecular weight excluding hydrogens is 253 g/mol. The van der Waals surface area contributed by atoms with Crippen molar-refractivity contribution in [3.8, 4) is 0 Å². The molecule has 112 valence electrons. The molecule has 1 aliphatic carbocycles. The summed E-state index contributed by atoms with van der Waals surface area (Å²) in [5, 5.41) is 0. The lowest BCUT2D eigenvalue weighted by molar-refractivity contribution is -0.194. The normalized spacial score (nSPS) is 35.5. The van der Waals surface area contributed by atoms with Crippen LogP contribution in [0.1, 0.15) is 45.4 Å². The first kappa shape index (κ1) is 15.1. The summed E-state index contributed by atoms with van der Waals surface area (Å²) in [7, 11) is 0. The number of likely N-dealkylation sites (tertiary alicyclic amines) is 1. The molecule has 0 bridgehead atoms. The zero-order chi connectivity index (χ0) is 14.1. The molecule has 1 saturated carbocycles. The van der Waals surface area contributed by atoms with Crippen LogP contribution >= 0.6 is 0 Å². The summed E-state index contributed by atoms with van der Waals surface area (Å²) in [6.45, 7) is 4.38. The largest absolute Gasteiger partial charge is 0.391 e. The Labute approximate surface area is 113 Å². The van der Waals surface area contributed by atoms with E-state index in [9.17, 15) is 13.2 Å². The zero-order valence-corrected chi connectivity index (χ0v) is 11.7. The maximum atomic E-state index is 13.0. The van der Waals surface area contributed by atoms with E-state index in [2.05, 4.69) is 11.8 Å². The monoisotopic (exact) mass is 278 g/mol. The molecule has 2 aliphatic rings. The Morgan fingerprint density at radius 2 is 1.84 bits per heavy atom. The van der Waals surface area contributed by atoms with Gasteiger partial charge < -0.3 is 5.73 Å². The van der Waals surface area contributed by atoms with Gasteiger partial charge in [-0.15, -0.1) is 0 Å². The Hall–Kier alpha value is -0.290. The van der Waals surface area contributed by atoms with Gasteiger partial charge in [0, 0.05) is 12.1 Å². The zero-order valence-electron chi connectivity index (χ0n) is 11.7. The molecule has 0 amide bonds. The second kappa shape index (κ2) is 5.60. The number of rotatable bonds is 2. The van der Waals surface area contributed by atoms with Crippen LogP contribution in [0.25, 0.3) is 0 Å². The Morgan fingerprint density at radius 3 is 2.37 bits per heavy atom. The Morgan fingerprint density at radius 1 is 1.21 bits per heavy atom. The summed E-state index contributed by atoms with van der Waals surface area (Å²) in [4.78, 5) is 2.25. The van der Waals surface area contributed by atoms with Crippen molar-refractivity contribution in [3.05, 3.63) is 0 Å². The third kappa shape index (κ3) is 3.24. The van der Waals surface area contributed by atoms with Gasteiger partial charge in [0.1, 0.15) is 0 Å². The van der Waals surface area contributed by atoms with E-state index in [1.165, 1.54) is 0 Å². The quantitative estimate of drug-likeness (QED) is 0.840. The van der Waals surface area contributed by atoms with Gasteiger partial charge in [-0.25, -0.2) is 0 Å². The summed E-state index contributed by atoms with van der Waals surface area (Å²) in [6, 6.07) is 0. The summed E-state index contributed by atoms with van der Waals surface area (Å²) in [5.74, 6) is -0.475. The van der Waals surface area contributed by atoms with Crippen LogP contribution in [-0.4, -0.2) is 36.2 Å². The minimum atomic E-state index is -4.07. The Balaban J connectivity index is 2.09. The number of nitrogens with zero attached hydrogens (tertiary/aromatic N) is 1. The van der Waals surface area contributed by atoms with Crippen LogP contribution in [0.3, 0.4) is 0 Å². The Kier molecular flexibility index (Phi) is 4.45. The lowest BCUT2D eigenvalue weighted by Crippen LogP contribution is -2.59. The molecule has 5 heteroatoms. The summed E-state index contributed by atoms with van der Waals surface area (Å²) in [6.07, 6.45) is 0.0373. The van der Waals surface area contributed by atoms with E-state index in [4.69, 9.17) is 5.73 Å². The van der Waals surface area contributed by atoms with Gasteiger partial charge in [0.15, 0.2) is 0 Å². The van der Waals surface area contributed by atoms with Gasteiger partial charge in [0.05, 0.1) is 5.92 Å². The molecule has 2 atom stereocenters. The van der Waals surface area contributed by atoms with Crippen molar-refractivity contribution >= 4 is 0 Å². The Bertz CT molecular complexity index is 298. The summed E-state index contributed by atoms with van der Waals surface area (Å²) in [5.41, 5.74) is 5.50. The van der Waals surface area contributed by atoms with Crippen LogP contribution in [0.15, 0.2) is 0 Å².